The Kier molecular flexibility index (Phi) is 7.25. The van der Waals surface area contributed by atoms with E-state index in [4.69, 9.17) is 0 Å². The second-order valence-corrected chi connectivity index (χ2v) is 17.7. The molecular weight excluding hydrogens is 510 g/mol. The lowest BCUT2D eigenvalue weighted by molar-refractivity contribution is -0.228. The molecule has 4 saturated carbocycles. The van der Waals surface area contributed by atoms with Gasteiger partial charge in [0.05, 0.1) is 6.10 Å². The van der Waals surface area contributed by atoms with Gasteiger partial charge in [0.1, 0.15) is 0 Å². The molecular formula is C36H59NO4. The maximum Gasteiger partial charge on any atom is 0.407 e. The van der Waals surface area contributed by atoms with E-state index in [1.54, 1.807) is 4.90 Å². The molecule has 0 bridgehead atoms. The standard InChI is InChI=1S/C36H59NO4/c1-22(2)28-24(38)21-36(19-20-37(30(40)41)31(3,4)5)18-17-34(9)23(29(28)36)11-12-26-33(8)15-14-27(39)32(6,7)25(33)13-16-35(26,34)10/h22-23,25-27,39H,11-21H2,1-10H3,(H,40,41)/t23-,25+,26-,27+,33+,34-,35-,36-/m1/s1. The Bertz CT molecular complexity index is 1130. The van der Waals surface area contributed by atoms with Crippen molar-refractivity contribution in [2.45, 2.75) is 145 Å². The van der Waals surface area contributed by atoms with Gasteiger partial charge < -0.3 is 15.1 Å². The van der Waals surface area contributed by atoms with Gasteiger partial charge >= 0.3 is 6.09 Å². The summed E-state index contributed by atoms with van der Waals surface area (Å²) in [6.07, 6.45) is 9.04. The molecule has 232 valence electrons. The van der Waals surface area contributed by atoms with E-state index in [2.05, 4.69) is 48.5 Å². The summed E-state index contributed by atoms with van der Waals surface area (Å²) in [7, 11) is 0. The van der Waals surface area contributed by atoms with Crippen LogP contribution in [-0.2, 0) is 4.79 Å². The highest BCUT2D eigenvalue weighted by atomic mass is 16.4. The predicted octanol–water partition coefficient (Wildman–Crippen LogP) is 8.50. The minimum absolute atomic E-state index is 0.0535. The Hall–Kier alpha value is -1.36. The van der Waals surface area contributed by atoms with E-state index < -0.39 is 11.6 Å². The van der Waals surface area contributed by atoms with Crippen LogP contribution in [0.4, 0.5) is 4.79 Å². The Morgan fingerprint density at radius 2 is 1.59 bits per heavy atom. The summed E-state index contributed by atoms with van der Waals surface area (Å²) >= 11 is 0. The van der Waals surface area contributed by atoms with Crippen molar-refractivity contribution in [1.29, 1.82) is 0 Å². The highest BCUT2D eigenvalue weighted by Crippen LogP contribution is 2.77. The zero-order chi connectivity index (χ0) is 30.6. The van der Waals surface area contributed by atoms with Crippen molar-refractivity contribution < 1.29 is 19.8 Å². The van der Waals surface area contributed by atoms with Gasteiger partial charge in [-0.25, -0.2) is 4.79 Å². The minimum atomic E-state index is -0.868. The van der Waals surface area contributed by atoms with E-state index in [0.29, 0.717) is 36.5 Å². The number of fused-ring (bicyclic) bond motifs is 7. The SMILES string of the molecule is CC(C)C1=C2[C@H]3CC[C@@H]4[C@@]5(C)CC[C@H](O)C(C)(C)[C@@H]5CC[C@@]4(C)[C@]3(C)CC[C@@]2(CCN(C(=O)O)C(C)(C)C)CC1=O. The van der Waals surface area contributed by atoms with E-state index in [9.17, 15) is 19.8 Å². The third-order valence-electron chi connectivity index (χ3n) is 14.4. The number of aliphatic hydroxyl groups excluding tert-OH is 1. The molecule has 0 aromatic carbocycles. The Labute approximate surface area is 249 Å². The van der Waals surface area contributed by atoms with Crippen LogP contribution < -0.4 is 0 Å². The van der Waals surface area contributed by atoms with Crippen molar-refractivity contribution in [3.05, 3.63) is 11.1 Å². The quantitative estimate of drug-likeness (QED) is 0.356. The molecule has 0 aliphatic heterocycles. The number of amides is 1. The van der Waals surface area contributed by atoms with Crippen LogP contribution >= 0.6 is 0 Å². The zero-order valence-corrected chi connectivity index (χ0v) is 27.8. The topological polar surface area (TPSA) is 77.8 Å². The molecule has 5 nitrogen and oxygen atoms in total. The fourth-order valence-corrected chi connectivity index (χ4v) is 12.1. The molecule has 2 N–H and O–H groups in total. The molecule has 5 aliphatic rings. The first-order valence-electron chi connectivity index (χ1n) is 16.7. The number of carbonyl (C=O) groups excluding carboxylic acids is 1. The summed E-state index contributed by atoms with van der Waals surface area (Å²) in [4.78, 5) is 27.7. The van der Waals surface area contributed by atoms with Crippen molar-refractivity contribution in [3.63, 3.8) is 0 Å². The first-order valence-corrected chi connectivity index (χ1v) is 16.7. The molecule has 0 aromatic rings. The van der Waals surface area contributed by atoms with Gasteiger partial charge in [0.15, 0.2) is 5.78 Å². The van der Waals surface area contributed by atoms with Crippen LogP contribution in [0.2, 0.25) is 0 Å². The van der Waals surface area contributed by atoms with Crippen LogP contribution in [0, 0.1) is 50.7 Å². The fourth-order valence-electron chi connectivity index (χ4n) is 12.1. The molecule has 0 saturated heterocycles. The fraction of sp³-hybridized carbons (Fsp3) is 0.889. The number of nitrogens with zero attached hydrogens (tertiary/aromatic N) is 1. The van der Waals surface area contributed by atoms with Crippen molar-refractivity contribution in [2.75, 3.05) is 6.54 Å². The number of ketones is 1. The number of carboxylic acid groups (broad SMARTS) is 1. The molecule has 8 atom stereocenters. The smallest absolute Gasteiger partial charge is 0.407 e. The van der Waals surface area contributed by atoms with Gasteiger partial charge in [0.25, 0.3) is 0 Å². The Balaban J connectivity index is 1.55. The van der Waals surface area contributed by atoms with E-state index in [-0.39, 0.29) is 39.1 Å². The van der Waals surface area contributed by atoms with Crippen molar-refractivity contribution in [1.82, 2.24) is 4.90 Å². The first kappa shape index (κ1) is 31.1. The Morgan fingerprint density at radius 3 is 2.17 bits per heavy atom. The predicted molar refractivity (Wildman–Crippen MR) is 165 cm³/mol. The zero-order valence-electron chi connectivity index (χ0n) is 27.8. The van der Waals surface area contributed by atoms with Crippen LogP contribution in [0.25, 0.3) is 0 Å². The van der Waals surface area contributed by atoms with Crippen LogP contribution in [0.1, 0.15) is 133 Å². The van der Waals surface area contributed by atoms with E-state index in [1.165, 1.54) is 24.8 Å². The number of aliphatic hydroxyl groups is 1. The maximum absolute atomic E-state index is 13.8. The van der Waals surface area contributed by atoms with E-state index in [1.807, 2.05) is 20.8 Å². The summed E-state index contributed by atoms with van der Waals surface area (Å²) < 4.78 is 0. The molecule has 1 amide bonds. The average Bonchev–Trinajstić information content (AvgIpc) is 3.13. The number of allylic oxidation sites excluding steroid dienone is 2. The molecule has 5 aliphatic carbocycles. The summed E-state index contributed by atoms with van der Waals surface area (Å²) in [6.45, 7) is 23.1. The largest absolute Gasteiger partial charge is 0.465 e. The molecule has 0 aromatic heterocycles. The molecule has 0 heterocycles. The summed E-state index contributed by atoms with van der Waals surface area (Å²) in [5.74, 6) is 2.06. The number of hydrogen-bond acceptors (Lipinski definition) is 3. The third-order valence-corrected chi connectivity index (χ3v) is 14.4. The molecule has 0 unspecified atom stereocenters. The van der Waals surface area contributed by atoms with Crippen LogP contribution in [0.15, 0.2) is 11.1 Å². The lowest BCUT2D eigenvalue weighted by Gasteiger charge is -2.72. The minimum Gasteiger partial charge on any atom is -0.465 e. The molecule has 5 rings (SSSR count). The Morgan fingerprint density at radius 1 is 0.927 bits per heavy atom. The molecule has 4 fully saturated rings. The molecule has 0 radical (unpaired) electrons. The van der Waals surface area contributed by atoms with Crippen molar-refractivity contribution in [2.24, 2.45) is 50.7 Å². The molecule has 41 heavy (non-hydrogen) atoms. The summed E-state index contributed by atoms with van der Waals surface area (Å²) in [6, 6.07) is 0. The first-order chi connectivity index (χ1) is 18.8. The lowest BCUT2D eigenvalue weighted by Crippen LogP contribution is -2.65. The summed E-state index contributed by atoms with van der Waals surface area (Å²) in [5.41, 5.74) is 2.32. The van der Waals surface area contributed by atoms with Crippen LogP contribution in [0.5, 0.6) is 0 Å². The van der Waals surface area contributed by atoms with E-state index in [0.717, 1.165) is 44.1 Å². The third kappa shape index (κ3) is 4.24. The van der Waals surface area contributed by atoms with Crippen LogP contribution in [0.3, 0.4) is 0 Å². The summed E-state index contributed by atoms with van der Waals surface area (Å²) in [5, 5.41) is 21.1. The maximum atomic E-state index is 13.8. The van der Waals surface area contributed by atoms with Gasteiger partial charge in [-0.15, -0.1) is 0 Å². The highest BCUT2D eigenvalue weighted by Gasteiger charge is 2.69. The van der Waals surface area contributed by atoms with Gasteiger partial charge in [-0.05, 0) is 129 Å². The second kappa shape index (κ2) is 9.57. The number of Topliss-reactive ketones (excluding diaryl/α,β-unsaturated/α-hetero) is 1. The van der Waals surface area contributed by atoms with Crippen molar-refractivity contribution in [3.8, 4) is 0 Å². The van der Waals surface area contributed by atoms with Gasteiger partial charge in [-0.3, -0.25) is 4.79 Å². The van der Waals surface area contributed by atoms with Crippen LogP contribution in [-0.4, -0.2) is 45.2 Å². The van der Waals surface area contributed by atoms with Crippen molar-refractivity contribution >= 4 is 11.9 Å². The number of hydrogen-bond donors (Lipinski definition) is 2. The monoisotopic (exact) mass is 569 g/mol. The molecule has 5 heteroatoms. The number of rotatable bonds is 4. The van der Waals surface area contributed by atoms with E-state index >= 15 is 0 Å². The normalized spacial score (nSPS) is 43.8. The van der Waals surface area contributed by atoms with Gasteiger partial charge in [-0.1, -0.05) is 54.0 Å². The van der Waals surface area contributed by atoms with Gasteiger partial charge in [0, 0.05) is 23.9 Å². The highest BCUT2D eigenvalue weighted by molar-refractivity contribution is 6.00. The van der Waals surface area contributed by atoms with Gasteiger partial charge in [-0.2, -0.15) is 0 Å². The lowest BCUT2D eigenvalue weighted by atomic mass is 9.33. The second-order valence-electron chi connectivity index (χ2n) is 17.7. The number of carbonyl (C=O) groups is 2. The average molecular weight is 570 g/mol. The van der Waals surface area contributed by atoms with Gasteiger partial charge in [0.2, 0.25) is 0 Å². The molecule has 0 spiro atoms.